The zero-order chi connectivity index (χ0) is 70.8. The fourth-order valence-corrected chi connectivity index (χ4v) is 31.3. The van der Waals surface area contributed by atoms with E-state index >= 15 is 0 Å². The lowest BCUT2D eigenvalue weighted by Gasteiger charge is -2.36. The molecule has 0 amide bonds. The van der Waals surface area contributed by atoms with Gasteiger partial charge in [0.2, 0.25) is 0 Å². The minimum atomic E-state index is -0.761. The molecule has 0 atom stereocenters. The third-order valence-corrected chi connectivity index (χ3v) is 34.3. The minimum absolute atomic E-state index is 0.0406. The second kappa shape index (κ2) is 46.1. The Hall–Kier alpha value is -6.63. The third-order valence-electron chi connectivity index (χ3n) is 15.4. The van der Waals surface area contributed by atoms with Gasteiger partial charge in [-0.05, 0) is 120 Å². The summed E-state index contributed by atoms with van der Waals surface area (Å²) in [5.41, 5.74) is 9.77. The van der Waals surface area contributed by atoms with E-state index in [0.717, 1.165) is 77.4 Å². The average molecular weight is 1550 g/mol. The lowest BCUT2D eigenvalue weighted by molar-refractivity contribution is -0.113. The van der Waals surface area contributed by atoms with E-state index in [1.54, 1.807) is 99.9 Å². The molecule has 0 spiro atoms. The molecule has 0 aliphatic carbocycles. The van der Waals surface area contributed by atoms with Gasteiger partial charge in [0.1, 0.15) is 16.8 Å². The second-order valence-electron chi connectivity index (χ2n) is 22.2. The molecule has 0 saturated heterocycles. The first-order valence-electron chi connectivity index (χ1n) is 32.0. The van der Waals surface area contributed by atoms with Crippen LogP contribution >= 0.6 is 11.8 Å². The first kappa shape index (κ1) is 80.7. The number of rotatable bonds is 26. The van der Waals surface area contributed by atoms with Crippen molar-refractivity contribution in [2.45, 2.75) is 68.7 Å². The van der Waals surface area contributed by atoms with Gasteiger partial charge in [-0.2, -0.15) is 0 Å². The zero-order valence-corrected chi connectivity index (χ0v) is 65.7. The number of ether oxygens (including phenoxy) is 3. The Balaban J connectivity index is 0.000000197. The van der Waals surface area contributed by atoms with Gasteiger partial charge in [0.15, 0.2) is 11.6 Å². The molecule has 0 aliphatic heterocycles. The molecule has 100 heavy (non-hydrogen) atoms. The van der Waals surface area contributed by atoms with E-state index in [1.807, 2.05) is 166 Å². The molecule has 0 saturated carbocycles. The molecular formula is C82H80O6S12. The first-order valence-corrected chi connectivity index (χ1v) is 46.2. The Morgan fingerprint density at radius 1 is 0.330 bits per heavy atom. The van der Waals surface area contributed by atoms with Crippen molar-refractivity contribution in [3.05, 3.63) is 388 Å². The topological polar surface area (TPSA) is 82.1 Å². The predicted molar refractivity (Wildman–Crippen MR) is 447 cm³/mol. The van der Waals surface area contributed by atoms with E-state index < -0.39 is 16.8 Å². The Morgan fingerprint density at radius 3 is 0.800 bits per heavy atom. The summed E-state index contributed by atoms with van der Waals surface area (Å²) in [7, 11) is 14.5. The lowest BCUT2D eigenvalue weighted by Crippen LogP contribution is -2.33. The second-order valence-corrected chi connectivity index (χ2v) is 39.3. The number of carbonyl (C=O) groups is 2. The molecule has 516 valence electrons. The van der Waals surface area contributed by atoms with Crippen molar-refractivity contribution >= 4 is 126 Å². The molecule has 10 aromatic carbocycles. The van der Waals surface area contributed by atoms with Gasteiger partial charge in [-0.15, -0.1) is 0 Å². The Kier molecular flexibility index (Phi) is 37.2. The molecule has 0 heterocycles. The van der Waals surface area contributed by atoms with Crippen molar-refractivity contribution < 1.29 is 28.9 Å². The molecule has 1 N–H and O–H groups in total. The molecule has 0 aromatic heterocycles. The number of ketones is 2. The van der Waals surface area contributed by atoms with E-state index in [9.17, 15) is 9.59 Å². The maximum absolute atomic E-state index is 11.9. The number of allylic oxidation sites excluding steroid dienone is 2. The molecule has 10 rings (SSSR count). The molecular weight excluding hydrogens is 1470 g/mol. The van der Waals surface area contributed by atoms with Crippen molar-refractivity contribution in [1.82, 2.24) is 0 Å². The summed E-state index contributed by atoms with van der Waals surface area (Å²) in [4.78, 5) is 25.4. The maximum atomic E-state index is 11.9. The smallest absolute Gasteiger partial charge is 0.153 e. The van der Waals surface area contributed by atoms with Crippen LogP contribution in [0.3, 0.4) is 0 Å². The highest BCUT2D eigenvalue weighted by Crippen LogP contribution is 2.44. The number of aliphatic hydroxyl groups is 1. The molecule has 10 aromatic rings. The molecule has 0 aliphatic rings. The van der Waals surface area contributed by atoms with E-state index in [-0.39, 0.29) is 18.2 Å². The summed E-state index contributed by atoms with van der Waals surface area (Å²) in [5.74, 6) is 0.108. The standard InChI is InChI=1S/C31H28O2S.C26H26O2.C25H26O2.S11/c1-25(32)24-30(34-29-20-12-5-13-21-29)22-23-33-31(26-14-6-2-7-15-26,27-16-8-3-9-17-27)28-18-10-4-11-19-28;1-21(20-22(2)27)18-19-28-26(23-12-6-3-7-13-23,24-14-8-4-9-15-24)25-16-10-5-11-17-25;1-21(17-19-26)18-20-27-25(22-11-5-2-6-12-22,23-13-7-3-8-14-23)24-15-9-4-10-16-24;1-3-5-7-9-11-10-8-6-4-2/h2-21,24H,22-23H2,1H3;3-17,20H,18-19H2,1-2H3;2-17,26H,18-20H2,1H3;/b30-24-;21-20+;21-17+;. The monoisotopic (exact) mass is 1540 g/mol. The van der Waals surface area contributed by atoms with E-state index in [0.29, 0.717) is 32.7 Å². The summed E-state index contributed by atoms with van der Waals surface area (Å²) in [6.07, 6.45) is 7.34. The van der Waals surface area contributed by atoms with Crippen LogP contribution in [0.1, 0.15) is 97.0 Å². The highest BCUT2D eigenvalue weighted by atomic mass is 33.4. The van der Waals surface area contributed by atoms with Crippen LogP contribution in [0.15, 0.2) is 342 Å². The van der Waals surface area contributed by atoms with Crippen molar-refractivity contribution in [1.29, 1.82) is 0 Å². The molecule has 0 bridgehead atoms. The quantitative estimate of drug-likeness (QED) is 0.0247. The van der Waals surface area contributed by atoms with Crippen LogP contribution in [0.2, 0.25) is 0 Å². The Bertz CT molecular complexity index is 4270. The third kappa shape index (κ3) is 25.4. The highest BCUT2D eigenvalue weighted by molar-refractivity contribution is 8.74. The number of benzene rings is 10. The number of hydrogen-bond acceptors (Lipinski definition) is 9. The Labute approximate surface area is 630 Å². The predicted octanol–water partition coefficient (Wildman–Crippen LogP) is 18.9. The van der Waals surface area contributed by atoms with Crippen molar-refractivity contribution in [2.24, 2.45) is 0 Å². The van der Waals surface area contributed by atoms with Gasteiger partial charge < -0.3 is 19.3 Å². The van der Waals surface area contributed by atoms with Gasteiger partial charge in [-0.25, -0.2) is 0 Å². The fraction of sp³-hybridized carbons (Fsp3) is 0.171. The van der Waals surface area contributed by atoms with Crippen LogP contribution < -0.4 is 0 Å². The number of carbonyl (C=O) groups excluding carboxylic acids is 2. The van der Waals surface area contributed by atoms with Gasteiger partial charge in [-0.3, -0.25) is 9.59 Å². The van der Waals surface area contributed by atoms with Gasteiger partial charge in [-0.1, -0.05) is 320 Å². The summed E-state index contributed by atoms with van der Waals surface area (Å²) in [6.45, 7) is 8.75. The van der Waals surface area contributed by atoms with Crippen LogP contribution in [0.5, 0.6) is 0 Å². The molecule has 0 fully saturated rings. The van der Waals surface area contributed by atoms with Gasteiger partial charge in [0.25, 0.3) is 0 Å². The van der Waals surface area contributed by atoms with Crippen LogP contribution in [-0.4, -0.2) is 43.1 Å². The van der Waals surface area contributed by atoms with Gasteiger partial charge in [0, 0.05) is 114 Å². The van der Waals surface area contributed by atoms with Gasteiger partial charge in [0.05, 0.1) is 26.4 Å². The first-order chi connectivity index (χ1) is 49.0. The largest absolute Gasteiger partial charge is 0.392 e. The summed E-state index contributed by atoms with van der Waals surface area (Å²) >= 11 is 11.0. The van der Waals surface area contributed by atoms with Crippen LogP contribution in [-0.2, 0) is 143 Å². The van der Waals surface area contributed by atoms with Crippen molar-refractivity contribution in [2.75, 3.05) is 26.4 Å². The van der Waals surface area contributed by atoms with Gasteiger partial charge >= 0.3 is 0 Å². The Morgan fingerprint density at radius 2 is 0.560 bits per heavy atom. The molecule has 18 heteroatoms. The van der Waals surface area contributed by atoms with E-state index in [2.05, 4.69) is 180 Å². The zero-order valence-electron chi connectivity index (χ0n) is 55.9. The van der Waals surface area contributed by atoms with Crippen molar-refractivity contribution in [3.63, 3.8) is 0 Å². The van der Waals surface area contributed by atoms with Crippen LogP contribution in [0.4, 0.5) is 0 Å². The highest BCUT2D eigenvalue weighted by Gasteiger charge is 2.40. The number of hydrogen-bond donors (Lipinski definition) is 1. The fourth-order valence-electron chi connectivity index (χ4n) is 11.1. The van der Waals surface area contributed by atoms with E-state index in [4.69, 9.17) is 19.3 Å². The number of aliphatic hydroxyl groups excluding tert-OH is 1. The minimum Gasteiger partial charge on any atom is -0.392 e. The normalized spacial score (nSPS) is 11.4. The van der Waals surface area contributed by atoms with Crippen molar-refractivity contribution in [3.8, 4) is 0 Å². The maximum Gasteiger partial charge on any atom is 0.153 e. The SMILES string of the molecule is C/C(=C\CO)CCOC(c1ccccc1)(c1ccccc1)c1ccccc1.CC(=O)/C=C(/CCOC(c1ccccc1)(c1ccccc1)c1ccccc1)Sc1ccccc1.CC(=O)/C=C(\C)CCOC(c1ccccc1)(c1ccccc1)c1ccccc1.S=S=S=S=S=S=S=S=S=S=S. The molecule has 0 radical (unpaired) electrons. The summed E-state index contributed by atoms with van der Waals surface area (Å²) in [6, 6.07) is 103. The number of thioether (sulfide) groups is 1. The van der Waals surface area contributed by atoms with Crippen LogP contribution in [0.25, 0.3) is 0 Å². The van der Waals surface area contributed by atoms with E-state index in [1.165, 1.54) is 17.8 Å². The van der Waals surface area contributed by atoms with Crippen LogP contribution in [0, 0.1) is 0 Å². The summed E-state index contributed by atoms with van der Waals surface area (Å²) in [5, 5.41) is 9.11. The lowest BCUT2D eigenvalue weighted by atomic mass is 9.80. The molecule has 0 unspecified atom stereocenters. The average Bonchev–Trinajstić information content (AvgIpc) is 0.776. The summed E-state index contributed by atoms with van der Waals surface area (Å²) < 4.78 is 20.2. The molecule has 6 nitrogen and oxygen atoms in total.